The van der Waals surface area contributed by atoms with E-state index in [0.717, 1.165) is 19.4 Å². The van der Waals surface area contributed by atoms with Gasteiger partial charge in [-0.05, 0) is 37.8 Å². The average Bonchev–Trinajstić information content (AvgIpc) is 3.14. The Morgan fingerprint density at radius 2 is 2.04 bits per heavy atom. The molecule has 1 aliphatic heterocycles. The molecule has 2 heterocycles. The Labute approximate surface area is 147 Å². The number of ether oxygens (including phenoxy) is 1. The normalized spacial score (nSPS) is 18.1. The Balaban J connectivity index is 1.67. The number of amides is 1. The number of piperidine rings is 1. The first-order valence-electron chi connectivity index (χ1n) is 8.61. The standard InChI is InChI=1S/C19H24FN3O2/c1-19(25-2,16-6-3-4-7-17(16)20)18(24)22-12-8-15(9-13-22)14-23-11-5-10-21-23/h3-7,10-11,15H,8-9,12-14H2,1-2H3/t19-/m1/s1. The van der Waals surface area contributed by atoms with Gasteiger partial charge in [0.25, 0.3) is 5.91 Å². The fourth-order valence-corrected chi connectivity index (χ4v) is 3.45. The van der Waals surface area contributed by atoms with Gasteiger partial charge in [-0.15, -0.1) is 0 Å². The molecule has 1 amide bonds. The second-order valence-corrected chi connectivity index (χ2v) is 6.68. The molecule has 1 atom stereocenters. The smallest absolute Gasteiger partial charge is 0.259 e. The Hall–Kier alpha value is -2.21. The highest BCUT2D eigenvalue weighted by Crippen LogP contribution is 2.31. The summed E-state index contributed by atoms with van der Waals surface area (Å²) in [6.07, 6.45) is 5.54. The lowest BCUT2D eigenvalue weighted by atomic mass is 9.90. The minimum absolute atomic E-state index is 0.183. The van der Waals surface area contributed by atoms with Crippen LogP contribution in [0.5, 0.6) is 0 Å². The van der Waals surface area contributed by atoms with Gasteiger partial charge in [-0.2, -0.15) is 5.10 Å². The second kappa shape index (κ2) is 7.35. The molecule has 0 spiro atoms. The van der Waals surface area contributed by atoms with E-state index >= 15 is 0 Å². The van der Waals surface area contributed by atoms with E-state index in [0.29, 0.717) is 19.0 Å². The largest absolute Gasteiger partial charge is 0.364 e. The number of hydrogen-bond acceptors (Lipinski definition) is 3. The highest BCUT2D eigenvalue weighted by atomic mass is 19.1. The van der Waals surface area contributed by atoms with E-state index < -0.39 is 11.4 Å². The molecule has 3 rings (SSSR count). The third-order valence-corrected chi connectivity index (χ3v) is 5.11. The first-order chi connectivity index (χ1) is 12.0. The lowest BCUT2D eigenvalue weighted by Crippen LogP contribution is -2.49. The zero-order valence-corrected chi connectivity index (χ0v) is 14.7. The molecule has 2 aromatic rings. The number of rotatable bonds is 5. The van der Waals surface area contributed by atoms with Crippen LogP contribution in [-0.2, 0) is 21.7 Å². The molecular weight excluding hydrogens is 321 g/mol. The minimum Gasteiger partial charge on any atom is -0.364 e. The van der Waals surface area contributed by atoms with Crippen molar-refractivity contribution in [3.05, 3.63) is 54.1 Å². The van der Waals surface area contributed by atoms with Crippen LogP contribution >= 0.6 is 0 Å². The van der Waals surface area contributed by atoms with Crippen LogP contribution in [0.15, 0.2) is 42.7 Å². The zero-order valence-electron chi connectivity index (χ0n) is 14.7. The fourth-order valence-electron chi connectivity index (χ4n) is 3.45. The molecule has 0 unspecified atom stereocenters. The molecule has 5 nitrogen and oxygen atoms in total. The van der Waals surface area contributed by atoms with Crippen molar-refractivity contribution in [2.75, 3.05) is 20.2 Å². The van der Waals surface area contributed by atoms with Crippen molar-refractivity contribution in [1.82, 2.24) is 14.7 Å². The number of carbonyl (C=O) groups is 1. The van der Waals surface area contributed by atoms with Gasteiger partial charge >= 0.3 is 0 Å². The van der Waals surface area contributed by atoms with Gasteiger partial charge in [-0.1, -0.05) is 18.2 Å². The van der Waals surface area contributed by atoms with Crippen LogP contribution < -0.4 is 0 Å². The van der Waals surface area contributed by atoms with E-state index in [1.807, 2.05) is 16.9 Å². The fraction of sp³-hybridized carbons (Fsp3) is 0.474. The molecule has 25 heavy (non-hydrogen) atoms. The molecule has 0 saturated carbocycles. The third kappa shape index (κ3) is 3.58. The molecule has 0 N–H and O–H groups in total. The predicted molar refractivity (Wildman–Crippen MR) is 92.3 cm³/mol. The monoisotopic (exact) mass is 345 g/mol. The van der Waals surface area contributed by atoms with Gasteiger partial charge in [0.05, 0.1) is 0 Å². The van der Waals surface area contributed by atoms with Crippen molar-refractivity contribution in [2.45, 2.75) is 31.9 Å². The van der Waals surface area contributed by atoms with Gasteiger partial charge in [0, 0.05) is 44.7 Å². The molecule has 0 aliphatic carbocycles. The summed E-state index contributed by atoms with van der Waals surface area (Å²) >= 11 is 0. The van der Waals surface area contributed by atoms with Gasteiger partial charge in [0.2, 0.25) is 0 Å². The number of methoxy groups -OCH3 is 1. The van der Waals surface area contributed by atoms with Crippen LogP contribution in [0.25, 0.3) is 0 Å². The van der Waals surface area contributed by atoms with Gasteiger partial charge in [-0.25, -0.2) is 4.39 Å². The number of likely N-dealkylation sites (tertiary alicyclic amines) is 1. The molecule has 134 valence electrons. The van der Waals surface area contributed by atoms with Crippen molar-refractivity contribution >= 4 is 5.91 Å². The third-order valence-electron chi connectivity index (χ3n) is 5.11. The Bertz CT molecular complexity index is 711. The summed E-state index contributed by atoms with van der Waals surface area (Å²) in [5, 5.41) is 4.24. The Kier molecular flexibility index (Phi) is 5.18. The molecular formula is C19H24FN3O2. The molecule has 1 aromatic carbocycles. The average molecular weight is 345 g/mol. The van der Waals surface area contributed by atoms with Gasteiger partial charge in [-0.3, -0.25) is 9.48 Å². The second-order valence-electron chi connectivity index (χ2n) is 6.68. The van der Waals surface area contributed by atoms with E-state index in [1.165, 1.54) is 13.2 Å². The van der Waals surface area contributed by atoms with Crippen molar-refractivity contribution in [3.63, 3.8) is 0 Å². The van der Waals surface area contributed by atoms with E-state index in [2.05, 4.69) is 5.10 Å². The lowest BCUT2D eigenvalue weighted by molar-refractivity contribution is -0.156. The summed E-state index contributed by atoms with van der Waals surface area (Å²) < 4.78 is 21.6. The van der Waals surface area contributed by atoms with Gasteiger partial charge < -0.3 is 9.64 Å². The van der Waals surface area contributed by atoms with Crippen LogP contribution in [0, 0.1) is 11.7 Å². The lowest BCUT2D eigenvalue weighted by Gasteiger charge is -2.38. The number of nitrogens with zero attached hydrogens (tertiary/aromatic N) is 3. The SMILES string of the molecule is CO[C@@](C)(C(=O)N1CCC(Cn2cccn2)CC1)c1ccccc1F. The quantitative estimate of drug-likeness (QED) is 0.837. The summed E-state index contributed by atoms with van der Waals surface area (Å²) in [6.45, 7) is 3.81. The minimum atomic E-state index is -1.31. The number of hydrogen-bond donors (Lipinski definition) is 0. The van der Waals surface area contributed by atoms with Crippen LogP contribution in [-0.4, -0.2) is 40.8 Å². The molecule has 0 bridgehead atoms. The molecule has 1 aliphatic rings. The summed E-state index contributed by atoms with van der Waals surface area (Å²) in [4.78, 5) is 14.8. The number of halogens is 1. The Morgan fingerprint density at radius 1 is 1.32 bits per heavy atom. The van der Waals surface area contributed by atoms with E-state index in [1.54, 1.807) is 36.2 Å². The summed E-state index contributed by atoms with van der Waals surface area (Å²) in [5.41, 5.74) is -1.03. The maximum Gasteiger partial charge on any atom is 0.259 e. The van der Waals surface area contributed by atoms with Gasteiger partial charge in [0.1, 0.15) is 5.82 Å². The molecule has 1 saturated heterocycles. The van der Waals surface area contributed by atoms with Crippen molar-refractivity contribution in [1.29, 1.82) is 0 Å². The molecule has 0 radical (unpaired) electrons. The van der Waals surface area contributed by atoms with Crippen LogP contribution in [0.4, 0.5) is 4.39 Å². The van der Waals surface area contributed by atoms with Gasteiger partial charge in [0.15, 0.2) is 5.60 Å². The van der Waals surface area contributed by atoms with E-state index in [9.17, 15) is 9.18 Å². The zero-order chi connectivity index (χ0) is 17.9. The topological polar surface area (TPSA) is 47.4 Å². The number of benzene rings is 1. The van der Waals surface area contributed by atoms with E-state index in [-0.39, 0.29) is 11.5 Å². The van der Waals surface area contributed by atoms with Crippen molar-refractivity contribution in [2.24, 2.45) is 5.92 Å². The molecule has 1 aromatic heterocycles. The maximum absolute atomic E-state index is 14.2. The van der Waals surface area contributed by atoms with Crippen LogP contribution in [0.3, 0.4) is 0 Å². The van der Waals surface area contributed by atoms with Crippen molar-refractivity contribution in [3.8, 4) is 0 Å². The summed E-state index contributed by atoms with van der Waals surface area (Å²) in [5.74, 6) is -0.113. The summed E-state index contributed by atoms with van der Waals surface area (Å²) in [7, 11) is 1.45. The highest BCUT2D eigenvalue weighted by molar-refractivity contribution is 5.86. The maximum atomic E-state index is 14.2. The molecule has 1 fully saturated rings. The first-order valence-corrected chi connectivity index (χ1v) is 8.61. The Morgan fingerprint density at radius 3 is 2.64 bits per heavy atom. The van der Waals surface area contributed by atoms with Crippen LogP contribution in [0.2, 0.25) is 0 Å². The summed E-state index contributed by atoms with van der Waals surface area (Å²) in [6, 6.07) is 8.22. The van der Waals surface area contributed by atoms with Crippen molar-refractivity contribution < 1.29 is 13.9 Å². The van der Waals surface area contributed by atoms with E-state index in [4.69, 9.17) is 4.74 Å². The number of carbonyl (C=O) groups excluding carboxylic acids is 1. The molecule has 6 heteroatoms. The first kappa shape index (κ1) is 17.6. The predicted octanol–water partition coefficient (Wildman–Crippen LogP) is 2.82. The number of aromatic nitrogens is 2. The highest BCUT2D eigenvalue weighted by Gasteiger charge is 2.41. The van der Waals surface area contributed by atoms with Crippen LogP contribution in [0.1, 0.15) is 25.3 Å².